The summed E-state index contributed by atoms with van der Waals surface area (Å²) in [4.78, 5) is 27.7. The Hall–Kier alpha value is -3.84. The molecule has 1 N–H and O–H groups in total. The summed E-state index contributed by atoms with van der Waals surface area (Å²) >= 11 is 1.36. The first-order valence-corrected chi connectivity index (χ1v) is 10.5. The van der Waals surface area contributed by atoms with Crippen LogP contribution in [0, 0.1) is 0 Å². The quantitative estimate of drug-likeness (QED) is 0.445. The second kappa shape index (κ2) is 8.12. The van der Waals surface area contributed by atoms with Gasteiger partial charge in [-0.3, -0.25) is 9.69 Å². The maximum absolute atomic E-state index is 13.4. The van der Waals surface area contributed by atoms with Crippen LogP contribution in [0.2, 0.25) is 0 Å². The number of imidazole rings is 1. The normalized spacial score (nSPS) is 16.5. The average Bonchev–Trinajstić information content (AvgIpc) is 3.39. The Morgan fingerprint density at radius 2 is 1.87 bits per heavy atom. The van der Waals surface area contributed by atoms with Gasteiger partial charge in [0.25, 0.3) is 5.91 Å². The maximum Gasteiger partial charge on any atom is 0.271 e. The molecule has 0 spiro atoms. The lowest BCUT2D eigenvalue weighted by atomic mass is 10.2. The predicted molar refractivity (Wildman–Crippen MR) is 126 cm³/mol. The molecule has 1 saturated heterocycles. The van der Waals surface area contributed by atoms with Gasteiger partial charge in [0.2, 0.25) is 0 Å². The van der Waals surface area contributed by atoms with Crippen molar-refractivity contribution in [2.45, 2.75) is 0 Å². The summed E-state index contributed by atoms with van der Waals surface area (Å²) in [7, 11) is 1.62. The molecule has 1 amide bonds. The Labute approximate surface area is 183 Å². The van der Waals surface area contributed by atoms with Gasteiger partial charge in [-0.2, -0.15) is 0 Å². The van der Waals surface area contributed by atoms with Gasteiger partial charge in [0.05, 0.1) is 40.8 Å². The third-order valence-corrected chi connectivity index (χ3v) is 5.83. The van der Waals surface area contributed by atoms with Crippen molar-refractivity contribution in [2.24, 2.45) is 4.99 Å². The number of fused-ring (bicyclic) bond motifs is 1. The second-order valence-electron chi connectivity index (χ2n) is 6.86. The minimum absolute atomic E-state index is 0.119. The zero-order chi connectivity index (χ0) is 21.2. The molecule has 0 unspecified atom stereocenters. The number of carbonyl (C=O) groups is 1. The summed E-state index contributed by atoms with van der Waals surface area (Å²) in [5, 5.41) is 0.605. The highest BCUT2D eigenvalue weighted by molar-refractivity contribution is 8.19. The van der Waals surface area contributed by atoms with Crippen molar-refractivity contribution in [2.75, 3.05) is 12.0 Å². The summed E-state index contributed by atoms with van der Waals surface area (Å²) < 4.78 is 5.25. The van der Waals surface area contributed by atoms with Crippen molar-refractivity contribution >= 4 is 51.3 Å². The van der Waals surface area contributed by atoms with Gasteiger partial charge in [-0.05, 0) is 71.9 Å². The van der Waals surface area contributed by atoms with Crippen molar-refractivity contribution < 1.29 is 9.53 Å². The first-order chi connectivity index (χ1) is 15.2. The van der Waals surface area contributed by atoms with Gasteiger partial charge >= 0.3 is 0 Å². The summed E-state index contributed by atoms with van der Waals surface area (Å²) in [6.07, 6.45) is 3.54. The summed E-state index contributed by atoms with van der Waals surface area (Å²) in [6, 6.07) is 22.9. The van der Waals surface area contributed by atoms with E-state index in [1.807, 2.05) is 78.9 Å². The minimum atomic E-state index is -0.119. The number of hydrogen-bond acceptors (Lipinski definition) is 5. The summed E-state index contributed by atoms with van der Waals surface area (Å²) in [5.41, 5.74) is 4.24. The zero-order valence-electron chi connectivity index (χ0n) is 16.6. The lowest BCUT2D eigenvalue weighted by Gasteiger charge is -2.16. The fraction of sp³-hybridized carbons (Fsp3) is 0.0417. The molecule has 0 saturated carbocycles. The second-order valence-corrected chi connectivity index (χ2v) is 7.87. The van der Waals surface area contributed by atoms with Gasteiger partial charge in [0.1, 0.15) is 5.75 Å². The van der Waals surface area contributed by atoms with Crippen LogP contribution >= 0.6 is 11.8 Å². The largest absolute Gasteiger partial charge is 0.497 e. The van der Waals surface area contributed by atoms with E-state index >= 15 is 0 Å². The standard InChI is InChI=1S/C24H18N4O2S/c1-30-19-10-8-18(9-11-19)28-23(29)22(31-24(28)27-17-5-3-2-4-6-17)14-16-7-12-20-21(13-16)26-15-25-20/h2-15H,1H3,(H,25,26). The van der Waals surface area contributed by atoms with E-state index in [2.05, 4.69) is 9.97 Å². The molecular weight excluding hydrogens is 408 g/mol. The Bertz CT molecular complexity index is 1310. The molecule has 7 heteroatoms. The van der Waals surface area contributed by atoms with Crippen LogP contribution in [0.1, 0.15) is 5.56 Å². The van der Waals surface area contributed by atoms with E-state index < -0.39 is 0 Å². The van der Waals surface area contributed by atoms with Crippen molar-refractivity contribution in [3.8, 4) is 5.75 Å². The van der Waals surface area contributed by atoms with Gasteiger partial charge in [-0.25, -0.2) is 9.98 Å². The number of hydrogen-bond donors (Lipinski definition) is 1. The number of nitrogens with one attached hydrogen (secondary N) is 1. The number of H-pyrrole nitrogens is 1. The molecule has 1 aliphatic rings. The molecule has 0 aliphatic carbocycles. The van der Waals surface area contributed by atoms with Gasteiger partial charge < -0.3 is 9.72 Å². The van der Waals surface area contributed by atoms with Crippen molar-refractivity contribution in [1.29, 1.82) is 0 Å². The number of para-hydroxylation sites is 1. The smallest absolute Gasteiger partial charge is 0.271 e. The first-order valence-electron chi connectivity index (χ1n) is 9.66. The highest BCUT2D eigenvalue weighted by Crippen LogP contribution is 2.38. The number of thioether (sulfide) groups is 1. The van der Waals surface area contributed by atoms with Crippen molar-refractivity contribution in [3.05, 3.63) is 89.6 Å². The number of amides is 1. The van der Waals surface area contributed by atoms with Crippen LogP contribution in [0.3, 0.4) is 0 Å². The number of rotatable bonds is 4. The monoisotopic (exact) mass is 426 g/mol. The number of anilines is 1. The highest BCUT2D eigenvalue weighted by atomic mass is 32.2. The molecule has 152 valence electrons. The third kappa shape index (κ3) is 3.83. The van der Waals surface area contributed by atoms with E-state index in [0.29, 0.717) is 10.1 Å². The summed E-state index contributed by atoms with van der Waals surface area (Å²) in [5.74, 6) is 0.611. The third-order valence-electron chi connectivity index (χ3n) is 4.86. The molecule has 1 fully saturated rings. The number of methoxy groups -OCH3 is 1. The molecule has 2 heterocycles. The van der Waals surface area contributed by atoms with E-state index in [1.165, 1.54) is 11.8 Å². The molecular formula is C24H18N4O2S. The van der Waals surface area contributed by atoms with Gasteiger partial charge in [-0.1, -0.05) is 24.3 Å². The molecule has 0 bridgehead atoms. The molecule has 3 aromatic carbocycles. The number of aromatic nitrogens is 2. The van der Waals surface area contributed by atoms with Crippen LogP contribution in [0.15, 0.2) is 89.0 Å². The number of aromatic amines is 1. The molecule has 4 aromatic rings. The molecule has 0 radical (unpaired) electrons. The van der Waals surface area contributed by atoms with E-state index in [1.54, 1.807) is 18.3 Å². The van der Waals surface area contributed by atoms with Crippen LogP contribution in [0.5, 0.6) is 5.75 Å². The average molecular weight is 427 g/mol. The number of aliphatic imine (C=N–C) groups is 1. The van der Waals surface area contributed by atoms with Crippen molar-refractivity contribution in [3.63, 3.8) is 0 Å². The number of nitrogens with zero attached hydrogens (tertiary/aromatic N) is 3. The molecule has 5 rings (SSSR count). The molecule has 0 atom stereocenters. The van der Waals surface area contributed by atoms with E-state index in [9.17, 15) is 4.79 Å². The van der Waals surface area contributed by atoms with Crippen molar-refractivity contribution in [1.82, 2.24) is 9.97 Å². The lowest BCUT2D eigenvalue weighted by molar-refractivity contribution is -0.113. The SMILES string of the molecule is COc1ccc(N2C(=O)C(=Cc3ccc4[nH]cnc4c3)SC2=Nc2ccccc2)cc1. The van der Waals surface area contributed by atoms with E-state index in [-0.39, 0.29) is 5.91 Å². The number of benzene rings is 3. The van der Waals surface area contributed by atoms with Gasteiger partial charge in [0, 0.05) is 0 Å². The number of amidine groups is 1. The van der Waals surface area contributed by atoms with Crippen LogP contribution < -0.4 is 9.64 Å². The van der Waals surface area contributed by atoms with Gasteiger partial charge in [0.15, 0.2) is 5.17 Å². The molecule has 1 aliphatic heterocycles. The Kier molecular flexibility index (Phi) is 5.01. The Morgan fingerprint density at radius 1 is 1.06 bits per heavy atom. The lowest BCUT2D eigenvalue weighted by Crippen LogP contribution is -2.28. The Morgan fingerprint density at radius 3 is 2.65 bits per heavy atom. The summed E-state index contributed by atoms with van der Waals surface area (Å²) in [6.45, 7) is 0. The van der Waals surface area contributed by atoms with Crippen LogP contribution in [0.25, 0.3) is 17.1 Å². The van der Waals surface area contributed by atoms with E-state index in [4.69, 9.17) is 9.73 Å². The zero-order valence-corrected chi connectivity index (χ0v) is 17.5. The predicted octanol–water partition coefficient (Wildman–Crippen LogP) is 5.38. The van der Waals surface area contributed by atoms with Gasteiger partial charge in [-0.15, -0.1) is 0 Å². The van der Waals surface area contributed by atoms with Crippen LogP contribution in [-0.2, 0) is 4.79 Å². The number of ether oxygens (including phenoxy) is 1. The first kappa shape index (κ1) is 19.1. The highest BCUT2D eigenvalue weighted by Gasteiger charge is 2.34. The maximum atomic E-state index is 13.4. The fourth-order valence-corrected chi connectivity index (χ4v) is 4.31. The number of carbonyl (C=O) groups excluding carboxylic acids is 1. The minimum Gasteiger partial charge on any atom is -0.497 e. The van der Waals surface area contributed by atoms with E-state index in [0.717, 1.165) is 33.7 Å². The Balaban J connectivity index is 1.56. The fourth-order valence-electron chi connectivity index (χ4n) is 3.31. The van der Waals surface area contributed by atoms with Crippen LogP contribution in [0.4, 0.5) is 11.4 Å². The van der Waals surface area contributed by atoms with Crippen LogP contribution in [-0.4, -0.2) is 28.2 Å². The molecule has 31 heavy (non-hydrogen) atoms. The topological polar surface area (TPSA) is 70.6 Å². The molecule has 6 nitrogen and oxygen atoms in total. The molecule has 1 aromatic heterocycles.